The van der Waals surface area contributed by atoms with E-state index in [1.54, 1.807) is 0 Å². The fourth-order valence-corrected chi connectivity index (χ4v) is 2.84. The first-order chi connectivity index (χ1) is 9.29. The van der Waals surface area contributed by atoms with Crippen LogP contribution in [0.5, 0.6) is 0 Å². The first-order valence-corrected chi connectivity index (χ1v) is 7.07. The highest BCUT2D eigenvalue weighted by Crippen LogP contribution is 2.23. The Labute approximate surface area is 117 Å². The summed E-state index contributed by atoms with van der Waals surface area (Å²) in [5.41, 5.74) is 1.13. The van der Waals surface area contributed by atoms with Crippen LogP contribution in [0.3, 0.4) is 0 Å². The highest BCUT2D eigenvalue weighted by Gasteiger charge is 2.25. The maximum atomic E-state index is 11.5. The zero-order chi connectivity index (χ0) is 13.5. The van der Waals surface area contributed by atoms with Crippen molar-refractivity contribution in [2.24, 2.45) is 4.99 Å². The van der Waals surface area contributed by atoms with Crippen LogP contribution >= 0.6 is 11.8 Å². The first-order valence-electron chi connectivity index (χ1n) is 6.19. The summed E-state index contributed by atoms with van der Waals surface area (Å²) in [6.45, 7) is 1.67. The monoisotopic (exact) mass is 279 g/mol. The van der Waals surface area contributed by atoms with Crippen molar-refractivity contribution in [3.05, 3.63) is 35.9 Å². The van der Waals surface area contributed by atoms with Gasteiger partial charge in [0.15, 0.2) is 0 Å². The number of carbonyl (C=O) groups excluding carboxylic acids is 1. The number of hydrogen-bond donors (Lipinski definition) is 0. The normalized spacial score (nSPS) is 18.8. The maximum absolute atomic E-state index is 11.5. The van der Waals surface area contributed by atoms with E-state index in [1.807, 2.05) is 30.3 Å². The lowest BCUT2D eigenvalue weighted by molar-refractivity contribution is -0.140. The fraction of sp³-hybridized carbons (Fsp3) is 0.429. The van der Waals surface area contributed by atoms with Gasteiger partial charge in [0.2, 0.25) is 0 Å². The Balaban J connectivity index is 1.77. The Bertz CT molecular complexity index is 447. The number of methoxy groups -OCH3 is 1. The molecule has 0 aromatic heterocycles. The van der Waals surface area contributed by atoms with Crippen molar-refractivity contribution in [3.63, 3.8) is 0 Å². The van der Waals surface area contributed by atoms with Gasteiger partial charge >= 0.3 is 5.97 Å². The molecule has 0 fully saturated rings. The van der Waals surface area contributed by atoms with Crippen LogP contribution in [-0.2, 0) is 20.9 Å². The minimum Gasteiger partial charge on any atom is -0.468 e. The lowest BCUT2D eigenvalue weighted by Gasteiger charge is -2.19. The number of thioether (sulfide) groups is 1. The summed E-state index contributed by atoms with van der Waals surface area (Å²) in [7, 11) is 1.42. The molecule has 2 rings (SSSR count). The molecule has 102 valence electrons. The van der Waals surface area contributed by atoms with Crippen LogP contribution in [0.25, 0.3) is 0 Å². The van der Waals surface area contributed by atoms with Gasteiger partial charge in [-0.15, -0.1) is 0 Å². The molecule has 1 aromatic carbocycles. The lowest BCUT2D eigenvalue weighted by Crippen LogP contribution is -2.26. The van der Waals surface area contributed by atoms with Gasteiger partial charge in [-0.1, -0.05) is 42.1 Å². The number of rotatable bonds is 5. The van der Waals surface area contributed by atoms with E-state index in [4.69, 9.17) is 9.47 Å². The molecule has 1 unspecified atom stereocenters. The summed E-state index contributed by atoms with van der Waals surface area (Å²) in [6.07, 6.45) is 0.736. The van der Waals surface area contributed by atoms with Crippen molar-refractivity contribution in [2.75, 3.05) is 20.3 Å². The fourth-order valence-electron chi connectivity index (χ4n) is 1.77. The molecule has 0 saturated heterocycles. The van der Waals surface area contributed by atoms with E-state index in [0.717, 1.165) is 17.0 Å². The molecule has 5 heteroatoms. The molecule has 1 atom stereocenters. The average Bonchev–Trinajstić information content (AvgIpc) is 2.48. The molecule has 0 N–H and O–H groups in total. The Kier molecular flexibility index (Phi) is 5.42. The second kappa shape index (κ2) is 7.31. The largest absolute Gasteiger partial charge is 0.468 e. The molecule has 1 aliphatic heterocycles. The number of carbonyl (C=O) groups is 1. The highest BCUT2D eigenvalue weighted by molar-refractivity contribution is 8.15. The van der Waals surface area contributed by atoms with Crippen molar-refractivity contribution in [1.82, 2.24) is 0 Å². The number of ether oxygens (including phenoxy) is 2. The van der Waals surface area contributed by atoms with E-state index in [9.17, 15) is 4.79 Å². The molecule has 1 aliphatic rings. The Morgan fingerprint density at radius 2 is 2.16 bits per heavy atom. The number of hydrogen-bond acceptors (Lipinski definition) is 5. The van der Waals surface area contributed by atoms with Crippen LogP contribution in [0.2, 0.25) is 0 Å². The van der Waals surface area contributed by atoms with Crippen molar-refractivity contribution in [2.45, 2.75) is 18.3 Å². The van der Waals surface area contributed by atoms with Gasteiger partial charge in [0.05, 0.1) is 25.4 Å². The van der Waals surface area contributed by atoms with Crippen LogP contribution in [-0.4, -0.2) is 36.5 Å². The molecule has 19 heavy (non-hydrogen) atoms. The second-order valence-corrected chi connectivity index (χ2v) is 5.45. The summed E-state index contributed by atoms with van der Waals surface area (Å²) in [4.78, 5) is 15.8. The van der Waals surface area contributed by atoms with Gasteiger partial charge in [-0.2, -0.15) is 0 Å². The standard InChI is InChI=1S/C14H17NO3S/c1-17-14(16)12-7-8-15-13(19-12)10-18-9-11-5-3-2-4-6-11/h2-6,12H,7-10H2,1H3. The van der Waals surface area contributed by atoms with E-state index in [0.29, 0.717) is 19.8 Å². The zero-order valence-corrected chi connectivity index (χ0v) is 11.7. The van der Waals surface area contributed by atoms with Crippen molar-refractivity contribution < 1.29 is 14.3 Å². The van der Waals surface area contributed by atoms with Gasteiger partial charge in [0.25, 0.3) is 0 Å². The van der Waals surface area contributed by atoms with Gasteiger partial charge in [0.1, 0.15) is 5.25 Å². The molecule has 0 bridgehead atoms. The summed E-state index contributed by atoms with van der Waals surface area (Å²) in [6, 6.07) is 9.99. The molecule has 0 radical (unpaired) electrons. The van der Waals surface area contributed by atoms with Gasteiger partial charge in [-0.3, -0.25) is 9.79 Å². The van der Waals surface area contributed by atoms with Crippen molar-refractivity contribution in [3.8, 4) is 0 Å². The summed E-state index contributed by atoms with van der Waals surface area (Å²) in [5.74, 6) is -0.180. The molecule has 1 heterocycles. The quantitative estimate of drug-likeness (QED) is 0.776. The lowest BCUT2D eigenvalue weighted by atomic mass is 10.2. The van der Waals surface area contributed by atoms with Crippen LogP contribution < -0.4 is 0 Å². The first kappa shape index (κ1) is 14.1. The summed E-state index contributed by atoms with van der Waals surface area (Å²) in [5, 5.41) is 0.732. The van der Waals surface area contributed by atoms with Crippen LogP contribution in [0.15, 0.2) is 35.3 Å². The Hall–Kier alpha value is -1.33. The van der Waals surface area contributed by atoms with Crippen molar-refractivity contribution >= 4 is 22.8 Å². The second-order valence-electron chi connectivity index (χ2n) is 4.17. The van der Waals surface area contributed by atoms with Gasteiger partial charge < -0.3 is 9.47 Å². The molecule has 1 aromatic rings. The van der Waals surface area contributed by atoms with E-state index in [2.05, 4.69) is 4.99 Å². The predicted molar refractivity (Wildman–Crippen MR) is 76.4 cm³/mol. The van der Waals surface area contributed by atoms with E-state index >= 15 is 0 Å². The Morgan fingerprint density at radius 3 is 2.89 bits per heavy atom. The molecule has 0 aliphatic carbocycles. The van der Waals surface area contributed by atoms with Crippen LogP contribution in [0, 0.1) is 0 Å². The number of esters is 1. The minimum absolute atomic E-state index is 0.141. The van der Waals surface area contributed by atoms with Crippen molar-refractivity contribution in [1.29, 1.82) is 0 Å². The van der Waals surface area contributed by atoms with E-state index in [1.165, 1.54) is 18.9 Å². The SMILES string of the molecule is COC(=O)C1CCN=C(COCc2ccccc2)S1. The minimum atomic E-state index is -0.180. The summed E-state index contributed by atoms with van der Waals surface area (Å²) < 4.78 is 10.4. The molecule has 0 saturated carbocycles. The Morgan fingerprint density at radius 1 is 1.37 bits per heavy atom. The number of aliphatic imine (C=N–C) groups is 1. The van der Waals surface area contributed by atoms with Gasteiger partial charge in [0, 0.05) is 6.54 Å². The number of benzene rings is 1. The topological polar surface area (TPSA) is 47.9 Å². The van der Waals surface area contributed by atoms with Crippen LogP contribution in [0.4, 0.5) is 0 Å². The zero-order valence-electron chi connectivity index (χ0n) is 10.9. The van der Waals surface area contributed by atoms with Crippen LogP contribution in [0.1, 0.15) is 12.0 Å². The molecule has 0 spiro atoms. The average molecular weight is 279 g/mol. The number of nitrogens with zero attached hydrogens (tertiary/aromatic N) is 1. The van der Waals surface area contributed by atoms with Gasteiger partial charge in [-0.25, -0.2) is 0 Å². The molecule has 4 nitrogen and oxygen atoms in total. The predicted octanol–water partition coefficient (Wildman–Crippen LogP) is 2.28. The maximum Gasteiger partial charge on any atom is 0.319 e. The summed E-state index contributed by atoms with van der Waals surface area (Å²) >= 11 is 1.45. The van der Waals surface area contributed by atoms with E-state index in [-0.39, 0.29) is 11.2 Å². The smallest absolute Gasteiger partial charge is 0.319 e. The highest BCUT2D eigenvalue weighted by atomic mass is 32.2. The van der Waals surface area contributed by atoms with Gasteiger partial charge in [-0.05, 0) is 12.0 Å². The third-order valence-corrected chi connectivity index (χ3v) is 3.99. The van der Waals surface area contributed by atoms with E-state index < -0.39 is 0 Å². The molecule has 0 amide bonds. The third-order valence-electron chi connectivity index (χ3n) is 2.76. The molecular weight excluding hydrogens is 262 g/mol. The third kappa shape index (κ3) is 4.36. The molecular formula is C14H17NO3S.